The van der Waals surface area contributed by atoms with Gasteiger partial charge in [0.1, 0.15) is 5.82 Å². The third-order valence-electron chi connectivity index (χ3n) is 4.32. The van der Waals surface area contributed by atoms with Crippen molar-refractivity contribution in [3.8, 4) is 11.4 Å². The first-order chi connectivity index (χ1) is 11.2. The number of aromatic nitrogens is 4. The number of H-pyrrole nitrogens is 1. The lowest BCUT2D eigenvalue weighted by Gasteiger charge is -2.24. The second kappa shape index (κ2) is 5.46. The van der Waals surface area contributed by atoms with Crippen molar-refractivity contribution in [2.75, 3.05) is 11.4 Å². The van der Waals surface area contributed by atoms with Gasteiger partial charge >= 0.3 is 0 Å². The zero-order chi connectivity index (χ0) is 15.8. The number of aromatic amines is 1. The Hall–Kier alpha value is -2.76. The van der Waals surface area contributed by atoms with Crippen molar-refractivity contribution in [2.24, 2.45) is 0 Å². The van der Waals surface area contributed by atoms with E-state index in [-0.39, 0.29) is 11.8 Å². The van der Waals surface area contributed by atoms with E-state index in [1.807, 2.05) is 30.3 Å². The number of hydrogen-bond acceptors (Lipinski definition) is 5. The monoisotopic (exact) mass is 307 g/mol. The van der Waals surface area contributed by atoms with E-state index in [1.54, 1.807) is 13.1 Å². The Morgan fingerprint density at radius 3 is 2.87 bits per heavy atom. The molecule has 6 nitrogen and oxygen atoms in total. The van der Waals surface area contributed by atoms with Crippen LogP contribution in [-0.2, 0) is 4.79 Å². The minimum atomic E-state index is -0.105. The molecular formula is C17H17N5O. The second-order valence-electron chi connectivity index (χ2n) is 5.83. The number of carbonyl (C=O) groups excluding carboxylic acids is 1. The molecule has 1 atom stereocenters. The molecule has 4 rings (SSSR count). The second-order valence-corrected chi connectivity index (χ2v) is 5.83. The van der Waals surface area contributed by atoms with Gasteiger partial charge in [0, 0.05) is 12.1 Å². The highest BCUT2D eigenvalue weighted by molar-refractivity contribution is 5.92. The van der Waals surface area contributed by atoms with Gasteiger partial charge in [0.15, 0.2) is 17.3 Å². The van der Waals surface area contributed by atoms with Gasteiger partial charge in [0.2, 0.25) is 0 Å². The lowest BCUT2D eigenvalue weighted by atomic mass is 10.1. The van der Waals surface area contributed by atoms with Crippen LogP contribution in [0.1, 0.15) is 19.8 Å². The van der Waals surface area contributed by atoms with Crippen molar-refractivity contribution in [3.63, 3.8) is 0 Å². The number of nitrogens with zero attached hydrogens (tertiary/aromatic N) is 4. The number of anilines is 1. The molecule has 3 heterocycles. The molecule has 0 radical (unpaired) electrons. The minimum Gasteiger partial charge on any atom is -0.346 e. The fraction of sp³-hybridized carbons (Fsp3) is 0.294. The maximum absolute atomic E-state index is 12.0. The quantitative estimate of drug-likeness (QED) is 0.805. The Morgan fingerprint density at radius 2 is 2.09 bits per heavy atom. The predicted molar refractivity (Wildman–Crippen MR) is 88.2 cm³/mol. The van der Waals surface area contributed by atoms with Crippen LogP contribution in [0.25, 0.3) is 22.4 Å². The Balaban J connectivity index is 1.88. The molecule has 23 heavy (non-hydrogen) atoms. The first-order valence-electron chi connectivity index (χ1n) is 7.77. The number of fused-ring (bicyclic) bond motifs is 1. The molecule has 2 aromatic heterocycles. The molecule has 0 aliphatic carbocycles. The van der Waals surface area contributed by atoms with Gasteiger partial charge in [-0.25, -0.2) is 9.97 Å². The average Bonchev–Trinajstić information content (AvgIpc) is 3.23. The Bertz CT molecular complexity index is 858. The molecule has 116 valence electrons. The number of hydrogen-bond donors (Lipinski definition) is 1. The van der Waals surface area contributed by atoms with E-state index in [0.717, 1.165) is 36.2 Å². The summed E-state index contributed by atoms with van der Waals surface area (Å²) >= 11 is 0. The van der Waals surface area contributed by atoms with Crippen molar-refractivity contribution in [2.45, 2.75) is 25.8 Å². The lowest BCUT2D eigenvalue weighted by Crippen LogP contribution is -2.35. The molecule has 1 aliphatic heterocycles. The third-order valence-corrected chi connectivity index (χ3v) is 4.32. The number of Topliss-reactive ketones (excluding diaryl/α,β-unsaturated/α-hetero) is 1. The summed E-state index contributed by atoms with van der Waals surface area (Å²) in [5.74, 6) is 1.62. The van der Waals surface area contributed by atoms with Gasteiger partial charge in [-0.05, 0) is 19.8 Å². The van der Waals surface area contributed by atoms with E-state index < -0.39 is 0 Å². The summed E-state index contributed by atoms with van der Waals surface area (Å²) in [6.07, 6.45) is 3.60. The molecule has 1 aromatic carbocycles. The average molecular weight is 307 g/mol. The van der Waals surface area contributed by atoms with E-state index in [2.05, 4.69) is 20.1 Å². The van der Waals surface area contributed by atoms with Crippen LogP contribution in [0.4, 0.5) is 5.82 Å². The van der Waals surface area contributed by atoms with Crippen LogP contribution in [0.3, 0.4) is 0 Å². The Labute approximate surface area is 133 Å². The van der Waals surface area contributed by atoms with Gasteiger partial charge < -0.3 is 4.90 Å². The fourth-order valence-electron chi connectivity index (χ4n) is 3.20. The Kier molecular flexibility index (Phi) is 3.29. The fourth-order valence-corrected chi connectivity index (χ4v) is 3.20. The van der Waals surface area contributed by atoms with Crippen LogP contribution in [0, 0.1) is 0 Å². The summed E-state index contributed by atoms with van der Waals surface area (Å²) in [5.41, 5.74) is 1.65. The van der Waals surface area contributed by atoms with Gasteiger partial charge in [-0.15, -0.1) is 0 Å². The van der Waals surface area contributed by atoms with E-state index >= 15 is 0 Å². The maximum atomic E-state index is 12.0. The van der Waals surface area contributed by atoms with Crippen molar-refractivity contribution < 1.29 is 4.79 Å². The van der Waals surface area contributed by atoms with Gasteiger partial charge in [-0.1, -0.05) is 30.3 Å². The summed E-state index contributed by atoms with van der Waals surface area (Å²) < 4.78 is 0. The van der Waals surface area contributed by atoms with Gasteiger partial charge in [-0.2, -0.15) is 5.10 Å². The molecule has 1 N–H and O–H groups in total. The first kappa shape index (κ1) is 13.9. The molecule has 3 aromatic rings. The Morgan fingerprint density at radius 1 is 1.26 bits per heavy atom. The standard InChI is InChI=1S/C17H17N5O/c1-11(23)14-8-5-9-22(14)17-13-10-18-21-16(13)19-15(20-17)12-6-3-2-4-7-12/h2-4,6-7,10,14H,5,8-9H2,1H3,(H,18,19,20,21)/t14-/m1/s1. The van der Waals surface area contributed by atoms with E-state index in [0.29, 0.717) is 11.5 Å². The molecule has 0 saturated carbocycles. The van der Waals surface area contributed by atoms with E-state index in [4.69, 9.17) is 4.98 Å². The molecule has 0 unspecified atom stereocenters. The van der Waals surface area contributed by atoms with Crippen LogP contribution in [0.5, 0.6) is 0 Å². The van der Waals surface area contributed by atoms with Gasteiger partial charge in [0.25, 0.3) is 0 Å². The normalized spacial score (nSPS) is 17.8. The summed E-state index contributed by atoms with van der Waals surface area (Å²) in [6, 6.07) is 9.74. The highest BCUT2D eigenvalue weighted by atomic mass is 16.1. The molecule has 0 spiro atoms. The largest absolute Gasteiger partial charge is 0.346 e. The minimum absolute atomic E-state index is 0.105. The van der Waals surface area contributed by atoms with Crippen molar-refractivity contribution >= 4 is 22.6 Å². The topological polar surface area (TPSA) is 74.8 Å². The van der Waals surface area contributed by atoms with Gasteiger partial charge in [-0.3, -0.25) is 9.89 Å². The molecule has 1 fully saturated rings. The molecule has 0 bridgehead atoms. The molecule has 1 aliphatic rings. The smallest absolute Gasteiger partial charge is 0.163 e. The molecule has 0 amide bonds. The number of benzene rings is 1. The third kappa shape index (κ3) is 2.36. The molecular weight excluding hydrogens is 290 g/mol. The summed E-state index contributed by atoms with van der Waals surface area (Å²) in [7, 11) is 0. The van der Waals surface area contributed by atoms with E-state index in [1.165, 1.54) is 0 Å². The van der Waals surface area contributed by atoms with Crippen molar-refractivity contribution in [1.29, 1.82) is 0 Å². The van der Waals surface area contributed by atoms with Crippen molar-refractivity contribution in [3.05, 3.63) is 36.5 Å². The number of carbonyl (C=O) groups is 1. The summed E-state index contributed by atoms with van der Waals surface area (Å²) in [5, 5.41) is 7.88. The first-order valence-corrected chi connectivity index (χ1v) is 7.77. The van der Waals surface area contributed by atoms with E-state index in [9.17, 15) is 4.79 Å². The zero-order valence-corrected chi connectivity index (χ0v) is 12.9. The van der Waals surface area contributed by atoms with Crippen LogP contribution in [0.15, 0.2) is 36.5 Å². The van der Waals surface area contributed by atoms with Crippen LogP contribution < -0.4 is 4.90 Å². The predicted octanol–water partition coefficient (Wildman–Crippen LogP) is 2.58. The number of nitrogens with one attached hydrogen (secondary N) is 1. The zero-order valence-electron chi connectivity index (χ0n) is 12.9. The van der Waals surface area contributed by atoms with Crippen LogP contribution in [0.2, 0.25) is 0 Å². The lowest BCUT2D eigenvalue weighted by molar-refractivity contribution is -0.118. The SMILES string of the molecule is CC(=O)[C@H]1CCCN1c1nc(-c2ccccc2)nc2[nH]ncc12. The number of ketones is 1. The van der Waals surface area contributed by atoms with Gasteiger partial charge in [0.05, 0.1) is 17.6 Å². The summed E-state index contributed by atoms with van der Waals surface area (Å²) in [6.45, 7) is 2.48. The van der Waals surface area contributed by atoms with Crippen LogP contribution in [-0.4, -0.2) is 38.5 Å². The highest BCUT2D eigenvalue weighted by Crippen LogP contribution is 2.31. The summed E-state index contributed by atoms with van der Waals surface area (Å²) in [4.78, 5) is 23.4. The number of rotatable bonds is 3. The maximum Gasteiger partial charge on any atom is 0.163 e. The van der Waals surface area contributed by atoms with Crippen LogP contribution >= 0.6 is 0 Å². The van der Waals surface area contributed by atoms with Crippen molar-refractivity contribution in [1.82, 2.24) is 20.2 Å². The highest BCUT2D eigenvalue weighted by Gasteiger charge is 2.31. The molecule has 6 heteroatoms. The molecule has 1 saturated heterocycles.